The number of hydrogen-bond acceptors (Lipinski definition) is 2. The minimum atomic E-state index is -0.143. The zero-order valence-corrected chi connectivity index (χ0v) is 8.22. The summed E-state index contributed by atoms with van der Waals surface area (Å²) in [5.74, 6) is 0. The first kappa shape index (κ1) is 9.28. The molecule has 0 atom stereocenters. The van der Waals surface area contributed by atoms with Gasteiger partial charge in [-0.2, -0.15) is 0 Å². The van der Waals surface area contributed by atoms with Crippen molar-refractivity contribution in [2.45, 2.75) is 0 Å². The molecule has 0 saturated heterocycles. The van der Waals surface area contributed by atoms with Crippen LogP contribution in [0.15, 0.2) is 27.7 Å². The summed E-state index contributed by atoms with van der Waals surface area (Å²) >= 11 is 3.24. The Morgan fingerprint density at radius 3 is 3.08 bits per heavy atom. The normalized spacial score (nSPS) is 9.75. The van der Waals surface area contributed by atoms with Gasteiger partial charge in [-0.3, -0.25) is 9.89 Å². The zero-order valence-electron chi connectivity index (χ0n) is 5.82. The number of halogens is 2. The van der Waals surface area contributed by atoms with Gasteiger partial charge in [0.2, 0.25) is 0 Å². The van der Waals surface area contributed by atoms with Crippen LogP contribution in [0.5, 0.6) is 0 Å². The molecule has 2 heterocycles. The van der Waals surface area contributed by atoms with Crippen LogP contribution in [0.1, 0.15) is 0 Å². The van der Waals surface area contributed by atoms with E-state index in [0.717, 1.165) is 4.47 Å². The van der Waals surface area contributed by atoms with Crippen molar-refractivity contribution in [2.24, 2.45) is 0 Å². The number of fused-ring (bicyclic) bond motifs is 1. The van der Waals surface area contributed by atoms with E-state index in [9.17, 15) is 4.79 Å². The van der Waals surface area contributed by atoms with Crippen LogP contribution < -0.4 is 5.56 Å². The van der Waals surface area contributed by atoms with Gasteiger partial charge in [0.05, 0.1) is 4.47 Å². The van der Waals surface area contributed by atoms with Crippen molar-refractivity contribution in [3.05, 3.63) is 33.3 Å². The molecule has 12 heavy (non-hydrogen) atoms. The average Bonchev–Trinajstić information content (AvgIpc) is 2.27. The van der Waals surface area contributed by atoms with Crippen molar-refractivity contribution in [1.82, 2.24) is 14.6 Å². The summed E-state index contributed by atoms with van der Waals surface area (Å²) in [5.41, 5.74) is 0.480. The van der Waals surface area contributed by atoms with Gasteiger partial charge in [-0.05, 0) is 15.9 Å². The Kier molecular flexibility index (Phi) is 2.54. The summed E-state index contributed by atoms with van der Waals surface area (Å²) in [4.78, 5) is 14.8. The number of aromatic nitrogens is 3. The number of nitrogens with one attached hydrogen (secondary N) is 1. The average molecular weight is 250 g/mol. The highest BCUT2D eigenvalue weighted by Gasteiger charge is 1.95. The van der Waals surface area contributed by atoms with E-state index in [2.05, 4.69) is 26.0 Å². The van der Waals surface area contributed by atoms with Crippen LogP contribution >= 0.6 is 28.3 Å². The molecule has 0 radical (unpaired) electrons. The number of H-pyrrole nitrogens is 1. The molecule has 0 aliphatic rings. The first-order chi connectivity index (χ1) is 5.25. The third-order valence-corrected chi connectivity index (χ3v) is 1.72. The number of rotatable bonds is 0. The lowest BCUT2D eigenvalue weighted by Gasteiger charge is -1.91. The quantitative estimate of drug-likeness (QED) is 0.764. The van der Waals surface area contributed by atoms with Crippen molar-refractivity contribution < 1.29 is 0 Å². The van der Waals surface area contributed by atoms with Gasteiger partial charge >= 0.3 is 0 Å². The SMILES string of the molecule is Cl.O=c1cc2ncc(Br)cn2[nH]1. The molecule has 6 heteroatoms. The highest BCUT2D eigenvalue weighted by molar-refractivity contribution is 9.10. The van der Waals surface area contributed by atoms with E-state index in [0.29, 0.717) is 5.65 Å². The molecule has 0 unspecified atom stereocenters. The van der Waals surface area contributed by atoms with Crippen LogP contribution in [0.25, 0.3) is 5.65 Å². The standard InChI is InChI=1S/C6H4BrN3O.ClH/c7-4-2-8-5-1-6(11)9-10(5)3-4;/h1-3H,(H,9,11);1H. The molecule has 0 aliphatic heterocycles. The first-order valence-electron chi connectivity index (χ1n) is 2.99. The maximum atomic E-state index is 10.8. The van der Waals surface area contributed by atoms with Crippen molar-refractivity contribution >= 4 is 34.0 Å². The van der Waals surface area contributed by atoms with Crippen LogP contribution in [0.3, 0.4) is 0 Å². The van der Waals surface area contributed by atoms with E-state index in [4.69, 9.17) is 0 Å². The fourth-order valence-corrected chi connectivity index (χ4v) is 1.18. The topological polar surface area (TPSA) is 50.2 Å². The van der Waals surface area contributed by atoms with Gasteiger partial charge in [-0.1, -0.05) is 0 Å². The number of aromatic amines is 1. The zero-order chi connectivity index (χ0) is 7.84. The van der Waals surface area contributed by atoms with E-state index in [1.54, 1.807) is 16.9 Å². The van der Waals surface area contributed by atoms with Crippen LogP contribution in [0.2, 0.25) is 0 Å². The Hall–Kier alpha value is -0.810. The maximum absolute atomic E-state index is 10.8. The van der Waals surface area contributed by atoms with Gasteiger partial charge in [0.15, 0.2) is 5.65 Å². The molecule has 64 valence electrons. The summed E-state index contributed by atoms with van der Waals surface area (Å²) in [7, 11) is 0. The molecule has 0 aromatic carbocycles. The minimum absolute atomic E-state index is 0. The van der Waals surface area contributed by atoms with Crippen LogP contribution in [-0.2, 0) is 0 Å². The largest absolute Gasteiger partial charge is 0.268 e. The molecule has 0 amide bonds. The smallest absolute Gasteiger partial charge is 0.266 e. The Bertz CT molecular complexity index is 449. The predicted molar refractivity (Wildman–Crippen MR) is 50.8 cm³/mol. The van der Waals surface area contributed by atoms with Gasteiger partial charge in [0.1, 0.15) is 0 Å². The monoisotopic (exact) mass is 249 g/mol. The third kappa shape index (κ3) is 1.51. The second-order valence-corrected chi connectivity index (χ2v) is 3.04. The molecule has 1 N–H and O–H groups in total. The van der Waals surface area contributed by atoms with E-state index in [-0.39, 0.29) is 18.0 Å². The fraction of sp³-hybridized carbons (Fsp3) is 0. The summed E-state index contributed by atoms with van der Waals surface area (Å²) in [6.45, 7) is 0. The maximum Gasteiger partial charge on any atom is 0.266 e. The summed E-state index contributed by atoms with van der Waals surface area (Å²) in [6, 6.07) is 1.44. The van der Waals surface area contributed by atoms with Crippen LogP contribution in [-0.4, -0.2) is 14.6 Å². The molecular weight excluding hydrogens is 245 g/mol. The second-order valence-electron chi connectivity index (χ2n) is 2.12. The molecule has 0 saturated carbocycles. The molecule has 2 aromatic rings. The first-order valence-corrected chi connectivity index (χ1v) is 3.78. The van der Waals surface area contributed by atoms with Crippen LogP contribution in [0, 0.1) is 0 Å². The third-order valence-electron chi connectivity index (χ3n) is 1.31. The van der Waals surface area contributed by atoms with Crippen LogP contribution in [0.4, 0.5) is 0 Å². The molecule has 0 fully saturated rings. The van der Waals surface area contributed by atoms with Crippen molar-refractivity contribution in [3.8, 4) is 0 Å². The van der Waals surface area contributed by atoms with E-state index < -0.39 is 0 Å². The molecular formula is C6H5BrClN3O. The van der Waals surface area contributed by atoms with Crippen molar-refractivity contribution in [1.29, 1.82) is 0 Å². The van der Waals surface area contributed by atoms with Crippen molar-refractivity contribution in [2.75, 3.05) is 0 Å². The summed E-state index contributed by atoms with van der Waals surface area (Å²) < 4.78 is 2.39. The molecule has 4 nitrogen and oxygen atoms in total. The minimum Gasteiger partial charge on any atom is -0.268 e. The Morgan fingerprint density at radius 2 is 2.33 bits per heavy atom. The summed E-state index contributed by atoms with van der Waals surface area (Å²) in [5, 5.41) is 2.57. The highest BCUT2D eigenvalue weighted by atomic mass is 79.9. The molecule has 0 bridgehead atoms. The van der Waals surface area contributed by atoms with Gasteiger partial charge in [-0.25, -0.2) is 9.50 Å². The van der Waals surface area contributed by atoms with Gasteiger partial charge < -0.3 is 0 Å². The fourth-order valence-electron chi connectivity index (χ4n) is 0.877. The summed E-state index contributed by atoms with van der Waals surface area (Å²) in [6.07, 6.45) is 3.38. The lowest BCUT2D eigenvalue weighted by molar-refractivity contribution is 0.914. The number of hydrogen-bond donors (Lipinski definition) is 1. The lowest BCUT2D eigenvalue weighted by atomic mass is 10.6. The number of nitrogens with zero attached hydrogens (tertiary/aromatic N) is 2. The Labute approximate surface area is 82.1 Å². The lowest BCUT2D eigenvalue weighted by Crippen LogP contribution is -1.98. The molecule has 2 rings (SSSR count). The molecule has 0 aliphatic carbocycles. The Balaban J connectivity index is 0.000000720. The highest BCUT2D eigenvalue weighted by Crippen LogP contribution is 2.06. The van der Waals surface area contributed by atoms with Gasteiger partial charge in [-0.15, -0.1) is 12.4 Å². The Morgan fingerprint density at radius 1 is 1.58 bits per heavy atom. The second kappa shape index (κ2) is 3.28. The van der Waals surface area contributed by atoms with Gasteiger partial charge in [0.25, 0.3) is 5.56 Å². The van der Waals surface area contributed by atoms with Crippen molar-refractivity contribution in [3.63, 3.8) is 0 Å². The molecule has 0 spiro atoms. The van der Waals surface area contributed by atoms with E-state index in [1.165, 1.54) is 6.07 Å². The van der Waals surface area contributed by atoms with E-state index in [1.807, 2.05) is 0 Å². The van der Waals surface area contributed by atoms with Gasteiger partial charge in [0, 0.05) is 18.5 Å². The predicted octanol–water partition coefficient (Wildman–Crippen LogP) is 1.21. The molecule has 2 aromatic heterocycles. The van der Waals surface area contributed by atoms with E-state index >= 15 is 0 Å².